The lowest BCUT2D eigenvalue weighted by Gasteiger charge is -2.12. The van der Waals surface area contributed by atoms with Gasteiger partial charge in [-0.3, -0.25) is 4.98 Å². The summed E-state index contributed by atoms with van der Waals surface area (Å²) >= 11 is 6.07. The highest BCUT2D eigenvalue weighted by atomic mass is 35.5. The molecule has 0 bridgehead atoms. The Hall–Kier alpha value is -2.84. The molecule has 5 nitrogen and oxygen atoms in total. The van der Waals surface area contributed by atoms with Gasteiger partial charge in [-0.2, -0.15) is 5.26 Å². The quantitative estimate of drug-likeness (QED) is 0.791. The summed E-state index contributed by atoms with van der Waals surface area (Å²) in [4.78, 5) is 8.45. The summed E-state index contributed by atoms with van der Waals surface area (Å²) < 4.78 is 5.04. The molecule has 0 unspecified atom stereocenters. The standard InChI is InChI=1S/C17H13ClN4O/c1-23-16-5-2-11(8-21-16)9-22-17-12(7-19)10-20-15-4-3-13(18)6-14(15)17/h2-6,8,10H,9H2,1H3,(H,20,22). The number of benzene rings is 1. The molecule has 0 aliphatic heterocycles. The van der Waals surface area contributed by atoms with Gasteiger partial charge in [0.2, 0.25) is 5.88 Å². The van der Waals surface area contributed by atoms with Gasteiger partial charge in [-0.15, -0.1) is 0 Å². The number of ether oxygens (including phenoxy) is 1. The molecule has 0 spiro atoms. The summed E-state index contributed by atoms with van der Waals surface area (Å²) in [6, 6.07) is 11.3. The van der Waals surface area contributed by atoms with Crippen LogP contribution in [0.1, 0.15) is 11.1 Å². The Morgan fingerprint density at radius 1 is 1.22 bits per heavy atom. The molecule has 0 fully saturated rings. The number of anilines is 1. The molecule has 0 aliphatic carbocycles. The van der Waals surface area contributed by atoms with Crippen LogP contribution in [-0.4, -0.2) is 17.1 Å². The van der Waals surface area contributed by atoms with E-state index in [4.69, 9.17) is 16.3 Å². The molecular weight excluding hydrogens is 312 g/mol. The van der Waals surface area contributed by atoms with Crippen molar-refractivity contribution in [3.63, 3.8) is 0 Å². The Balaban J connectivity index is 1.94. The van der Waals surface area contributed by atoms with Crippen LogP contribution < -0.4 is 10.1 Å². The van der Waals surface area contributed by atoms with E-state index in [2.05, 4.69) is 21.4 Å². The van der Waals surface area contributed by atoms with Crippen molar-refractivity contribution in [3.8, 4) is 11.9 Å². The SMILES string of the molecule is COc1ccc(CNc2c(C#N)cnc3ccc(Cl)cc23)cn1. The number of pyridine rings is 2. The second-order valence-electron chi connectivity index (χ2n) is 4.88. The third-order valence-electron chi connectivity index (χ3n) is 3.43. The predicted octanol–water partition coefficient (Wildman–Crippen LogP) is 3.78. The maximum absolute atomic E-state index is 9.32. The molecular formula is C17H13ClN4O. The third kappa shape index (κ3) is 3.17. The van der Waals surface area contributed by atoms with E-state index in [1.807, 2.05) is 12.1 Å². The largest absolute Gasteiger partial charge is 0.481 e. The molecule has 114 valence electrons. The van der Waals surface area contributed by atoms with Crippen LogP contribution in [0.2, 0.25) is 5.02 Å². The molecule has 0 aliphatic rings. The fraction of sp³-hybridized carbons (Fsp3) is 0.118. The molecule has 23 heavy (non-hydrogen) atoms. The van der Waals surface area contributed by atoms with E-state index in [9.17, 15) is 5.26 Å². The Bertz CT molecular complexity index is 887. The molecule has 3 aromatic rings. The minimum Gasteiger partial charge on any atom is -0.481 e. The number of hydrogen-bond donors (Lipinski definition) is 1. The highest BCUT2D eigenvalue weighted by molar-refractivity contribution is 6.31. The zero-order chi connectivity index (χ0) is 16.2. The van der Waals surface area contributed by atoms with Crippen LogP contribution in [0.4, 0.5) is 5.69 Å². The van der Waals surface area contributed by atoms with Crippen molar-refractivity contribution < 1.29 is 4.74 Å². The average Bonchev–Trinajstić information content (AvgIpc) is 2.60. The number of halogens is 1. The van der Waals surface area contributed by atoms with Gasteiger partial charge in [0.15, 0.2) is 0 Å². The molecule has 2 heterocycles. The van der Waals surface area contributed by atoms with Crippen molar-refractivity contribution >= 4 is 28.2 Å². The molecule has 0 amide bonds. The van der Waals surface area contributed by atoms with E-state index in [1.165, 1.54) is 0 Å². The average molecular weight is 325 g/mol. The zero-order valence-corrected chi connectivity index (χ0v) is 13.1. The Labute approximate surface area is 138 Å². The van der Waals surface area contributed by atoms with Crippen molar-refractivity contribution in [2.75, 3.05) is 12.4 Å². The molecule has 1 aromatic carbocycles. The van der Waals surface area contributed by atoms with Crippen LogP contribution in [0.25, 0.3) is 10.9 Å². The lowest BCUT2D eigenvalue weighted by molar-refractivity contribution is 0.397. The zero-order valence-electron chi connectivity index (χ0n) is 12.4. The summed E-state index contributed by atoms with van der Waals surface area (Å²) in [5.74, 6) is 0.563. The number of methoxy groups -OCH3 is 1. The topological polar surface area (TPSA) is 70.8 Å². The fourth-order valence-corrected chi connectivity index (χ4v) is 2.44. The molecule has 0 atom stereocenters. The predicted molar refractivity (Wildman–Crippen MR) is 89.6 cm³/mol. The maximum Gasteiger partial charge on any atom is 0.212 e. The maximum atomic E-state index is 9.32. The normalized spacial score (nSPS) is 10.3. The van der Waals surface area contributed by atoms with Crippen molar-refractivity contribution in [1.82, 2.24) is 9.97 Å². The van der Waals surface area contributed by atoms with Crippen LogP contribution in [0.3, 0.4) is 0 Å². The minimum absolute atomic E-state index is 0.473. The lowest BCUT2D eigenvalue weighted by atomic mass is 10.1. The van der Waals surface area contributed by atoms with Gasteiger partial charge in [0.1, 0.15) is 6.07 Å². The summed E-state index contributed by atoms with van der Waals surface area (Å²) in [6.45, 7) is 0.525. The smallest absolute Gasteiger partial charge is 0.212 e. The van der Waals surface area contributed by atoms with Crippen molar-refractivity contribution in [1.29, 1.82) is 5.26 Å². The first-order valence-corrected chi connectivity index (χ1v) is 7.30. The number of aromatic nitrogens is 2. The van der Waals surface area contributed by atoms with Gasteiger partial charge in [-0.1, -0.05) is 17.7 Å². The van der Waals surface area contributed by atoms with Gasteiger partial charge in [0.25, 0.3) is 0 Å². The summed E-state index contributed by atoms with van der Waals surface area (Å²) in [5, 5.41) is 14.0. The number of rotatable bonds is 4. The van der Waals surface area contributed by atoms with Gasteiger partial charge in [0.05, 0.1) is 23.9 Å². The lowest BCUT2D eigenvalue weighted by Crippen LogP contribution is -2.03. The summed E-state index contributed by atoms with van der Waals surface area (Å²) in [5.41, 5.74) is 2.95. The molecule has 0 radical (unpaired) electrons. The molecule has 0 saturated carbocycles. The highest BCUT2D eigenvalue weighted by Gasteiger charge is 2.09. The van der Waals surface area contributed by atoms with E-state index in [-0.39, 0.29) is 0 Å². The van der Waals surface area contributed by atoms with Crippen molar-refractivity contribution in [2.45, 2.75) is 6.54 Å². The number of nitrogens with zero attached hydrogens (tertiary/aromatic N) is 3. The van der Waals surface area contributed by atoms with Gasteiger partial charge in [-0.25, -0.2) is 4.98 Å². The Morgan fingerprint density at radius 3 is 2.78 bits per heavy atom. The van der Waals surface area contributed by atoms with Crippen molar-refractivity contribution in [3.05, 3.63) is 58.9 Å². The number of hydrogen-bond acceptors (Lipinski definition) is 5. The number of nitriles is 1. The molecule has 1 N–H and O–H groups in total. The minimum atomic E-state index is 0.473. The van der Waals surface area contributed by atoms with Crippen LogP contribution in [-0.2, 0) is 6.54 Å². The first-order valence-electron chi connectivity index (χ1n) is 6.92. The van der Waals surface area contributed by atoms with Crippen LogP contribution in [0, 0.1) is 11.3 Å². The van der Waals surface area contributed by atoms with Gasteiger partial charge >= 0.3 is 0 Å². The highest BCUT2D eigenvalue weighted by Crippen LogP contribution is 2.28. The summed E-state index contributed by atoms with van der Waals surface area (Å²) in [7, 11) is 1.58. The van der Waals surface area contributed by atoms with E-state index < -0.39 is 0 Å². The Morgan fingerprint density at radius 2 is 2.09 bits per heavy atom. The van der Waals surface area contributed by atoms with Crippen LogP contribution >= 0.6 is 11.6 Å². The van der Waals surface area contributed by atoms with E-state index in [0.29, 0.717) is 23.0 Å². The monoisotopic (exact) mass is 324 g/mol. The first-order chi connectivity index (χ1) is 11.2. The Kier molecular flexibility index (Phi) is 4.26. The van der Waals surface area contributed by atoms with E-state index in [1.54, 1.807) is 37.7 Å². The number of fused-ring (bicyclic) bond motifs is 1. The second-order valence-corrected chi connectivity index (χ2v) is 5.32. The van der Waals surface area contributed by atoms with Gasteiger partial charge in [-0.05, 0) is 23.8 Å². The fourth-order valence-electron chi connectivity index (χ4n) is 2.27. The molecule has 0 saturated heterocycles. The van der Waals surface area contributed by atoms with Crippen molar-refractivity contribution in [2.24, 2.45) is 0 Å². The second kappa shape index (κ2) is 6.51. The van der Waals surface area contributed by atoms with Gasteiger partial charge < -0.3 is 10.1 Å². The van der Waals surface area contributed by atoms with E-state index >= 15 is 0 Å². The molecule has 6 heteroatoms. The van der Waals surface area contributed by atoms with Crippen LogP contribution in [0.5, 0.6) is 5.88 Å². The summed E-state index contributed by atoms with van der Waals surface area (Å²) in [6.07, 6.45) is 3.29. The molecule has 3 rings (SSSR count). The van der Waals surface area contributed by atoms with Gasteiger partial charge in [0, 0.05) is 35.4 Å². The van der Waals surface area contributed by atoms with E-state index in [0.717, 1.165) is 22.2 Å². The third-order valence-corrected chi connectivity index (χ3v) is 3.66. The number of nitrogens with one attached hydrogen (secondary N) is 1. The molecule has 2 aromatic heterocycles. The first kappa shape index (κ1) is 15.1. The van der Waals surface area contributed by atoms with Crippen LogP contribution in [0.15, 0.2) is 42.7 Å².